The van der Waals surface area contributed by atoms with Crippen LogP contribution in [0, 0.1) is 19.8 Å². The van der Waals surface area contributed by atoms with Gasteiger partial charge in [0, 0.05) is 37.3 Å². The Bertz CT molecular complexity index is 508. The molecule has 2 aliphatic rings. The van der Waals surface area contributed by atoms with Crippen LogP contribution in [0.15, 0.2) is 0 Å². The topological polar surface area (TPSA) is 46.1 Å². The number of fused-ring (bicyclic) bond motifs is 1. The molecular weight excluding hydrogens is 238 g/mol. The minimum absolute atomic E-state index is 0.331. The molecule has 1 amide bonds. The van der Waals surface area contributed by atoms with Gasteiger partial charge in [0.25, 0.3) is 0 Å². The second-order valence-corrected chi connectivity index (χ2v) is 5.81. The molecule has 1 fully saturated rings. The quantitative estimate of drug-likeness (QED) is 0.814. The number of amides is 1. The SMILES string of the molecule is Cc1nc(C)c2c(n1)CCN(C(=O)CC1CC1)CC2. The van der Waals surface area contributed by atoms with E-state index in [9.17, 15) is 4.79 Å². The van der Waals surface area contributed by atoms with Crippen molar-refractivity contribution in [1.82, 2.24) is 14.9 Å². The zero-order valence-electron chi connectivity index (χ0n) is 11.8. The lowest BCUT2D eigenvalue weighted by atomic mass is 10.1. The highest BCUT2D eigenvalue weighted by Gasteiger charge is 2.28. The number of carbonyl (C=O) groups excluding carboxylic acids is 1. The number of aryl methyl sites for hydroxylation is 2. The average Bonchev–Trinajstić information content (AvgIpc) is 3.15. The van der Waals surface area contributed by atoms with E-state index in [-0.39, 0.29) is 0 Å². The Hall–Kier alpha value is -1.45. The Labute approximate surface area is 114 Å². The van der Waals surface area contributed by atoms with E-state index in [0.29, 0.717) is 11.8 Å². The van der Waals surface area contributed by atoms with Crippen LogP contribution in [0.3, 0.4) is 0 Å². The number of aromatic nitrogens is 2. The lowest BCUT2D eigenvalue weighted by molar-refractivity contribution is -0.131. The molecule has 1 aliphatic heterocycles. The summed E-state index contributed by atoms with van der Waals surface area (Å²) < 4.78 is 0. The van der Waals surface area contributed by atoms with Gasteiger partial charge < -0.3 is 4.90 Å². The normalized spacial score (nSPS) is 18.9. The van der Waals surface area contributed by atoms with Crippen molar-refractivity contribution in [3.63, 3.8) is 0 Å². The first-order chi connectivity index (χ1) is 9.13. The molecule has 2 heterocycles. The highest BCUT2D eigenvalue weighted by Crippen LogP contribution is 2.33. The van der Waals surface area contributed by atoms with E-state index in [1.807, 2.05) is 11.8 Å². The highest BCUT2D eigenvalue weighted by molar-refractivity contribution is 5.76. The first-order valence-corrected chi connectivity index (χ1v) is 7.24. The molecule has 0 N–H and O–H groups in total. The van der Waals surface area contributed by atoms with Crippen LogP contribution in [-0.2, 0) is 17.6 Å². The molecule has 1 saturated carbocycles. The third kappa shape index (κ3) is 2.77. The van der Waals surface area contributed by atoms with E-state index in [2.05, 4.69) is 16.9 Å². The van der Waals surface area contributed by atoms with Crippen molar-refractivity contribution >= 4 is 5.91 Å². The van der Waals surface area contributed by atoms with Crippen molar-refractivity contribution in [3.05, 3.63) is 22.8 Å². The molecule has 1 aliphatic carbocycles. The summed E-state index contributed by atoms with van der Waals surface area (Å²) in [5, 5.41) is 0. The molecule has 1 aromatic rings. The fraction of sp³-hybridized carbons (Fsp3) is 0.667. The maximum Gasteiger partial charge on any atom is 0.222 e. The highest BCUT2D eigenvalue weighted by atomic mass is 16.2. The third-order valence-electron chi connectivity index (χ3n) is 4.17. The van der Waals surface area contributed by atoms with Crippen LogP contribution in [0.25, 0.3) is 0 Å². The summed E-state index contributed by atoms with van der Waals surface area (Å²) in [5.41, 5.74) is 3.48. The molecule has 0 bridgehead atoms. The molecule has 0 spiro atoms. The van der Waals surface area contributed by atoms with Gasteiger partial charge >= 0.3 is 0 Å². The van der Waals surface area contributed by atoms with E-state index in [0.717, 1.165) is 49.6 Å². The van der Waals surface area contributed by atoms with Gasteiger partial charge in [-0.1, -0.05) is 0 Å². The van der Waals surface area contributed by atoms with Crippen molar-refractivity contribution in [1.29, 1.82) is 0 Å². The number of carbonyl (C=O) groups is 1. The lowest BCUT2D eigenvalue weighted by Gasteiger charge is -2.20. The van der Waals surface area contributed by atoms with Gasteiger partial charge in [-0.2, -0.15) is 0 Å². The summed E-state index contributed by atoms with van der Waals surface area (Å²) in [7, 11) is 0. The molecule has 102 valence electrons. The molecule has 3 rings (SSSR count). The zero-order valence-corrected chi connectivity index (χ0v) is 11.8. The molecule has 0 aromatic carbocycles. The van der Waals surface area contributed by atoms with E-state index < -0.39 is 0 Å². The molecular formula is C15H21N3O. The Balaban J connectivity index is 1.73. The average molecular weight is 259 g/mol. The second-order valence-electron chi connectivity index (χ2n) is 5.81. The van der Waals surface area contributed by atoms with E-state index >= 15 is 0 Å². The summed E-state index contributed by atoms with van der Waals surface area (Å²) in [6.07, 6.45) is 5.00. The second kappa shape index (κ2) is 4.91. The van der Waals surface area contributed by atoms with Gasteiger partial charge in [-0.15, -0.1) is 0 Å². The fourth-order valence-electron chi connectivity index (χ4n) is 2.89. The van der Waals surface area contributed by atoms with Crippen LogP contribution in [0.2, 0.25) is 0 Å². The van der Waals surface area contributed by atoms with Gasteiger partial charge in [0.05, 0.1) is 0 Å². The molecule has 19 heavy (non-hydrogen) atoms. The summed E-state index contributed by atoms with van der Waals surface area (Å²) in [4.78, 5) is 23.2. The van der Waals surface area contributed by atoms with Crippen LogP contribution in [-0.4, -0.2) is 33.9 Å². The van der Waals surface area contributed by atoms with Crippen molar-refractivity contribution < 1.29 is 4.79 Å². The van der Waals surface area contributed by atoms with Crippen LogP contribution in [0.1, 0.15) is 42.0 Å². The number of rotatable bonds is 2. The number of hydrogen-bond acceptors (Lipinski definition) is 3. The van der Waals surface area contributed by atoms with Crippen molar-refractivity contribution in [2.45, 2.75) is 46.0 Å². The van der Waals surface area contributed by atoms with Gasteiger partial charge in [0.15, 0.2) is 0 Å². The molecule has 1 aromatic heterocycles. The number of hydrogen-bond donors (Lipinski definition) is 0. The Kier molecular flexibility index (Phi) is 3.25. The molecule has 4 nitrogen and oxygen atoms in total. The summed E-state index contributed by atoms with van der Waals surface area (Å²) >= 11 is 0. The number of nitrogens with zero attached hydrogens (tertiary/aromatic N) is 3. The van der Waals surface area contributed by atoms with Crippen molar-refractivity contribution in [2.75, 3.05) is 13.1 Å². The lowest BCUT2D eigenvalue weighted by Crippen LogP contribution is -2.33. The summed E-state index contributed by atoms with van der Waals surface area (Å²) in [5.74, 6) is 1.84. The van der Waals surface area contributed by atoms with Crippen molar-refractivity contribution in [3.8, 4) is 0 Å². The Morgan fingerprint density at radius 2 is 1.95 bits per heavy atom. The Morgan fingerprint density at radius 3 is 2.68 bits per heavy atom. The molecule has 4 heteroatoms. The zero-order chi connectivity index (χ0) is 13.4. The fourth-order valence-corrected chi connectivity index (χ4v) is 2.89. The van der Waals surface area contributed by atoms with Gasteiger partial charge in [0.2, 0.25) is 5.91 Å². The molecule has 0 atom stereocenters. The van der Waals surface area contributed by atoms with Crippen LogP contribution in [0.4, 0.5) is 0 Å². The summed E-state index contributed by atoms with van der Waals surface area (Å²) in [6, 6.07) is 0. The first-order valence-electron chi connectivity index (χ1n) is 7.24. The van der Waals surface area contributed by atoms with E-state index in [1.54, 1.807) is 0 Å². The summed E-state index contributed by atoms with van der Waals surface area (Å²) in [6.45, 7) is 5.63. The van der Waals surface area contributed by atoms with E-state index in [4.69, 9.17) is 0 Å². The predicted molar refractivity (Wildman–Crippen MR) is 72.8 cm³/mol. The smallest absolute Gasteiger partial charge is 0.222 e. The standard InChI is InChI=1S/C15H21N3O/c1-10-13-5-7-18(15(19)9-12-3-4-12)8-6-14(13)17-11(2)16-10/h12H,3-9H2,1-2H3. The van der Waals surface area contributed by atoms with Crippen LogP contribution < -0.4 is 0 Å². The van der Waals surface area contributed by atoms with Crippen LogP contribution in [0.5, 0.6) is 0 Å². The third-order valence-corrected chi connectivity index (χ3v) is 4.17. The molecule has 0 unspecified atom stereocenters. The van der Waals surface area contributed by atoms with Gasteiger partial charge in [-0.3, -0.25) is 4.79 Å². The van der Waals surface area contributed by atoms with Gasteiger partial charge in [-0.05, 0) is 44.6 Å². The maximum atomic E-state index is 12.2. The monoisotopic (exact) mass is 259 g/mol. The molecule has 0 radical (unpaired) electrons. The van der Waals surface area contributed by atoms with Gasteiger partial charge in [-0.25, -0.2) is 9.97 Å². The minimum atomic E-state index is 0.331. The van der Waals surface area contributed by atoms with Crippen molar-refractivity contribution in [2.24, 2.45) is 5.92 Å². The minimum Gasteiger partial charge on any atom is -0.342 e. The van der Waals surface area contributed by atoms with Gasteiger partial charge in [0.1, 0.15) is 5.82 Å². The largest absolute Gasteiger partial charge is 0.342 e. The predicted octanol–water partition coefficient (Wildman–Crippen LogP) is 1.82. The molecule has 0 saturated heterocycles. The first kappa shape index (κ1) is 12.6. The van der Waals surface area contributed by atoms with E-state index in [1.165, 1.54) is 18.4 Å². The Morgan fingerprint density at radius 1 is 1.21 bits per heavy atom. The van der Waals surface area contributed by atoms with Crippen LogP contribution >= 0.6 is 0 Å². The maximum absolute atomic E-state index is 12.2.